The van der Waals surface area contributed by atoms with Crippen LogP contribution in [0.25, 0.3) is 0 Å². The minimum atomic E-state index is -4.56. The molecule has 2 aromatic carbocycles. The smallest absolute Gasteiger partial charge is 0.332 e. The maximum absolute atomic E-state index is 13.8. The van der Waals surface area contributed by atoms with E-state index in [1.807, 2.05) is 12.1 Å². The van der Waals surface area contributed by atoms with E-state index < -0.39 is 23.6 Å². The first-order chi connectivity index (χ1) is 17.6. The van der Waals surface area contributed by atoms with Gasteiger partial charge in [-0.15, -0.1) is 23.1 Å². The van der Waals surface area contributed by atoms with Gasteiger partial charge in [0.05, 0.1) is 28.1 Å². The number of aryl methyl sites for hydroxylation is 1. The molecule has 2 amide bonds. The van der Waals surface area contributed by atoms with E-state index >= 15 is 0 Å². The molecule has 2 saturated carbocycles. The van der Waals surface area contributed by atoms with Crippen molar-refractivity contribution in [3.8, 4) is 0 Å². The normalized spacial score (nSPS) is 32.0. The lowest BCUT2D eigenvalue weighted by atomic mass is 9.67. The van der Waals surface area contributed by atoms with Crippen LogP contribution in [-0.4, -0.2) is 22.0 Å². The molecule has 1 N–H and O–H groups in total. The maximum Gasteiger partial charge on any atom is 0.416 e. The number of hydrogen-bond donors (Lipinski definition) is 1. The first-order valence-corrected chi connectivity index (χ1v) is 14.3. The number of benzene rings is 2. The molecule has 3 heterocycles. The molecule has 4 nitrogen and oxygen atoms in total. The van der Waals surface area contributed by atoms with Gasteiger partial charge in [0.2, 0.25) is 11.8 Å². The predicted molar refractivity (Wildman–Crippen MR) is 138 cm³/mol. The zero-order valence-corrected chi connectivity index (χ0v) is 21.9. The Bertz CT molecular complexity index is 1530. The Morgan fingerprint density at radius 1 is 1.03 bits per heavy atom. The van der Waals surface area contributed by atoms with Crippen molar-refractivity contribution in [3.05, 3.63) is 74.1 Å². The van der Waals surface area contributed by atoms with Crippen LogP contribution in [0, 0.1) is 40.5 Å². The van der Waals surface area contributed by atoms with Crippen molar-refractivity contribution in [1.29, 1.82) is 0 Å². The summed E-state index contributed by atoms with van der Waals surface area (Å²) in [6.07, 6.45) is -3.77. The van der Waals surface area contributed by atoms with Crippen molar-refractivity contribution in [3.63, 3.8) is 0 Å². The van der Waals surface area contributed by atoms with Crippen LogP contribution >= 0.6 is 35.3 Å². The van der Waals surface area contributed by atoms with Crippen molar-refractivity contribution >= 4 is 52.8 Å². The Labute approximate surface area is 224 Å². The number of nitrogens with zero attached hydrogens (tertiary/aromatic N) is 1. The van der Waals surface area contributed by atoms with E-state index in [1.54, 1.807) is 23.1 Å². The summed E-state index contributed by atoms with van der Waals surface area (Å²) in [6.45, 7) is 2.09. The van der Waals surface area contributed by atoms with Crippen LogP contribution in [-0.2, 0) is 15.8 Å². The molecular weight excluding hydrogens is 538 g/mol. The molecule has 7 unspecified atom stereocenters. The monoisotopic (exact) mass is 558 g/mol. The van der Waals surface area contributed by atoms with Crippen molar-refractivity contribution in [1.82, 2.24) is 4.98 Å². The van der Waals surface area contributed by atoms with E-state index in [0.717, 1.165) is 28.5 Å². The highest BCUT2D eigenvalue weighted by atomic mass is 32.2. The zero-order chi connectivity index (χ0) is 25.8. The molecule has 7 atom stereocenters. The number of anilines is 1. The molecule has 7 rings (SSSR count). The topological polar surface area (TPSA) is 53.2 Å². The summed E-state index contributed by atoms with van der Waals surface area (Å²) >= 11 is 8.81. The summed E-state index contributed by atoms with van der Waals surface area (Å²) < 4.78 is 40.9. The molecular formula is C27H21F3N2O2S3. The van der Waals surface area contributed by atoms with E-state index in [4.69, 9.17) is 12.2 Å². The molecule has 2 aliphatic carbocycles. The Hall–Kier alpha value is -2.43. The molecule has 2 aliphatic heterocycles. The molecule has 1 aromatic heterocycles. The minimum Gasteiger partial charge on any atom is -0.332 e. The van der Waals surface area contributed by atoms with Gasteiger partial charge in [-0.05, 0) is 72.6 Å². The van der Waals surface area contributed by atoms with Crippen molar-refractivity contribution in [2.45, 2.75) is 35.7 Å². The Morgan fingerprint density at radius 2 is 1.76 bits per heavy atom. The van der Waals surface area contributed by atoms with Gasteiger partial charge in [-0.2, -0.15) is 13.2 Å². The number of aromatic amines is 1. The van der Waals surface area contributed by atoms with Gasteiger partial charge in [-0.1, -0.05) is 30.3 Å². The fourth-order valence-corrected chi connectivity index (χ4v) is 10.7. The van der Waals surface area contributed by atoms with Crippen LogP contribution in [0.1, 0.15) is 33.9 Å². The lowest BCUT2D eigenvalue weighted by Crippen LogP contribution is -2.42. The molecule has 1 saturated heterocycles. The number of thiazole rings is 1. The highest BCUT2D eigenvalue weighted by Crippen LogP contribution is 2.69. The van der Waals surface area contributed by atoms with Gasteiger partial charge in [0.25, 0.3) is 0 Å². The molecule has 3 fully saturated rings. The number of fused-ring (bicyclic) bond motifs is 9. The number of nitrogens with one attached hydrogen (secondary N) is 1. The van der Waals surface area contributed by atoms with Gasteiger partial charge in [-0.3, -0.25) is 14.5 Å². The summed E-state index contributed by atoms with van der Waals surface area (Å²) in [5.41, 5.74) is 1.52. The molecule has 0 radical (unpaired) electrons. The lowest BCUT2D eigenvalue weighted by Gasteiger charge is -2.43. The Balaban J connectivity index is 1.31. The highest BCUT2D eigenvalue weighted by Gasteiger charge is 2.69. The van der Waals surface area contributed by atoms with Crippen molar-refractivity contribution in [2.75, 3.05) is 4.90 Å². The third kappa shape index (κ3) is 3.31. The molecule has 0 spiro atoms. The minimum absolute atomic E-state index is 0.00731. The molecule has 2 bridgehead atoms. The van der Waals surface area contributed by atoms with Gasteiger partial charge in [0.1, 0.15) is 0 Å². The number of carbonyl (C=O) groups excluding carboxylic acids is 2. The van der Waals surface area contributed by atoms with Crippen LogP contribution in [0.5, 0.6) is 0 Å². The van der Waals surface area contributed by atoms with Gasteiger partial charge in [0.15, 0.2) is 3.95 Å². The van der Waals surface area contributed by atoms with Crippen molar-refractivity contribution in [2.24, 2.45) is 29.6 Å². The van der Waals surface area contributed by atoms with Gasteiger partial charge in [-0.25, -0.2) is 0 Å². The van der Waals surface area contributed by atoms with Gasteiger partial charge in [0, 0.05) is 16.0 Å². The SMILES string of the molecule is Cc1ccccc1C1c2sc(=S)[nH]c2SC2C3CC(C4C(=O)N(c5cccc(C(F)(F)F)c5)C(=O)C34)C12. The molecule has 4 aliphatic rings. The van der Waals surface area contributed by atoms with E-state index in [9.17, 15) is 22.8 Å². The number of imide groups is 1. The molecule has 3 aromatic rings. The molecule has 190 valence electrons. The Morgan fingerprint density at radius 3 is 2.49 bits per heavy atom. The number of thioether (sulfide) groups is 1. The first kappa shape index (κ1) is 23.7. The fraction of sp³-hybridized carbons (Fsp3) is 0.370. The van der Waals surface area contributed by atoms with E-state index in [1.165, 1.54) is 28.1 Å². The molecule has 10 heteroatoms. The van der Waals surface area contributed by atoms with Gasteiger partial charge < -0.3 is 4.98 Å². The maximum atomic E-state index is 13.8. The van der Waals surface area contributed by atoms with E-state index in [-0.39, 0.29) is 46.4 Å². The average Bonchev–Trinajstić information content (AvgIpc) is 3.58. The third-order valence-electron chi connectivity index (χ3n) is 8.68. The third-order valence-corrected chi connectivity index (χ3v) is 11.6. The lowest BCUT2D eigenvalue weighted by molar-refractivity contribution is -0.137. The quantitative estimate of drug-likeness (QED) is 0.277. The number of alkyl halides is 3. The first-order valence-electron chi connectivity index (χ1n) is 12.2. The number of rotatable bonds is 2. The van der Waals surface area contributed by atoms with Crippen molar-refractivity contribution < 1.29 is 22.8 Å². The number of halogens is 3. The number of amides is 2. The van der Waals surface area contributed by atoms with Crippen LogP contribution in [0.4, 0.5) is 18.9 Å². The van der Waals surface area contributed by atoms with Crippen LogP contribution in [0.15, 0.2) is 53.6 Å². The van der Waals surface area contributed by atoms with Crippen LogP contribution in [0.2, 0.25) is 0 Å². The number of aromatic nitrogens is 1. The molecule has 37 heavy (non-hydrogen) atoms. The summed E-state index contributed by atoms with van der Waals surface area (Å²) in [4.78, 5) is 33.0. The largest absolute Gasteiger partial charge is 0.416 e. The highest BCUT2D eigenvalue weighted by molar-refractivity contribution is 8.00. The van der Waals surface area contributed by atoms with E-state index in [0.29, 0.717) is 3.95 Å². The van der Waals surface area contributed by atoms with E-state index in [2.05, 4.69) is 24.0 Å². The summed E-state index contributed by atoms with van der Waals surface area (Å²) in [5, 5.41) is 1.17. The standard InChI is InChI=1S/C27H21F3N2O2S3/c1-11-5-2-3-8-14(11)17-18-15-10-16(21(18)36-23-22(17)37-26(35)31-23)20-19(15)24(33)32(25(20)34)13-7-4-6-12(9-13)27(28,29)30/h2-9,15-21H,10H2,1H3,(H,31,35). The summed E-state index contributed by atoms with van der Waals surface area (Å²) in [7, 11) is 0. The number of carbonyl (C=O) groups is 2. The second-order valence-electron chi connectivity index (χ2n) is 10.4. The predicted octanol–water partition coefficient (Wildman–Crippen LogP) is 6.81. The number of hydrogen-bond acceptors (Lipinski definition) is 5. The average molecular weight is 559 g/mol. The Kier molecular flexibility index (Phi) is 5.14. The zero-order valence-electron chi connectivity index (χ0n) is 19.5. The second kappa shape index (κ2) is 8.04. The van der Waals surface area contributed by atoms with Gasteiger partial charge >= 0.3 is 6.18 Å². The second-order valence-corrected chi connectivity index (χ2v) is 13.3. The van der Waals surface area contributed by atoms with Crippen LogP contribution < -0.4 is 4.90 Å². The summed E-state index contributed by atoms with van der Waals surface area (Å²) in [5.74, 6) is -1.56. The number of H-pyrrole nitrogens is 1. The fourth-order valence-electron chi connectivity index (χ4n) is 7.38. The summed E-state index contributed by atoms with van der Waals surface area (Å²) in [6, 6.07) is 12.8. The van der Waals surface area contributed by atoms with Crippen LogP contribution in [0.3, 0.4) is 0 Å².